The topological polar surface area (TPSA) is 112 Å². The number of hydrogen-bond donors (Lipinski definition) is 0. The minimum atomic E-state index is -1.16. The maximum absolute atomic E-state index is 13.0. The van der Waals surface area contributed by atoms with Crippen LogP contribution in [0.1, 0.15) is 25.5 Å². The summed E-state index contributed by atoms with van der Waals surface area (Å²) in [5.41, 5.74) is -0.487. The fraction of sp³-hybridized carbons (Fsp3) is 0.231. The minimum absolute atomic E-state index is 0.00960. The van der Waals surface area contributed by atoms with Crippen molar-refractivity contribution < 1.29 is 23.9 Å². The molecule has 0 saturated heterocycles. The number of nitro groups is 1. The van der Waals surface area contributed by atoms with Gasteiger partial charge in [-0.2, -0.15) is 5.26 Å². The van der Waals surface area contributed by atoms with Crippen LogP contribution in [0.2, 0.25) is 5.02 Å². The lowest BCUT2D eigenvalue weighted by Gasteiger charge is -2.13. The molecule has 3 aromatic carbocycles. The van der Waals surface area contributed by atoms with Gasteiger partial charge in [-0.3, -0.25) is 14.9 Å². The largest absolute Gasteiger partial charge is 0.482 e. The van der Waals surface area contributed by atoms with Crippen molar-refractivity contribution in [3.05, 3.63) is 93.5 Å². The highest BCUT2D eigenvalue weighted by Crippen LogP contribution is 2.55. The van der Waals surface area contributed by atoms with Crippen molar-refractivity contribution in [3.8, 4) is 23.3 Å². The summed E-state index contributed by atoms with van der Waals surface area (Å²) < 4.78 is 17.1. The van der Waals surface area contributed by atoms with Gasteiger partial charge in [0, 0.05) is 22.1 Å². The van der Waals surface area contributed by atoms with Crippen LogP contribution < -0.4 is 9.47 Å². The van der Waals surface area contributed by atoms with E-state index in [4.69, 9.17) is 25.8 Å². The van der Waals surface area contributed by atoms with E-state index in [1.165, 1.54) is 18.2 Å². The van der Waals surface area contributed by atoms with E-state index < -0.39 is 34.4 Å². The standard InChI is InChI=1S/C26H21ClN2O6/c1-26(2)23(24(26)34-21-12-11-17(27)14-20(21)29(31)32)25(30)35-22(15-28)16-7-6-10-19(13-16)33-18-8-4-3-5-9-18/h3-14,22-24H,1-2H3. The third-order valence-electron chi connectivity index (χ3n) is 5.85. The van der Waals surface area contributed by atoms with Crippen molar-refractivity contribution >= 4 is 23.3 Å². The number of nitro benzene ring substituents is 1. The summed E-state index contributed by atoms with van der Waals surface area (Å²) in [6, 6.07) is 22.0. The lowest BCUT2D eigenvalue weighted by Crippen LogP contribution is -2.16. The highest BCUT2D eigenvalue weighted by atomic mass is 35.5. The highest BCUT2D eigenvalue weighted by Gasteiger charge is 2.66. The van der Waals surface area contributed by atoms with Crippen LogP contribution in [0.25, 0.3) is 0 Å². The van der Waals surface area contributed by atoms with Crippen LogP contribution in [0.15, 0.2) is 72.8 Å². The van der Waals surface area contributed by atoms with Gasteiger partial charge in [-0.15, -0.1) is 0 Å². The van der Waals surface area contributed by atoms with Crippen LogP contribution in [-0.4, -0.2) is 17.0 Å². The molecule has 3 unspecified atom stereocenters. The third-order valence-corrected chi connectivity index (χ3v) is 6.08. The summed E-state index contributed by atoms with van der Waals surface area (Å²) in [6.07, 6.45) is -1.83. The molecule has 0 heterocycles. The van der Waals surface area contributed by atoms with Crippen molar-refractivity contribution in [2.75, 3.05) is 0 Å². The Hall–Kier alpha value is -4.09. The number of para-hydroxylation sites is 1. The Kier molecular flexibility index (Phi) is 6.63. The zero-order valence-electron chi connectivity index (χ0n) is 18.9. The molecule has 9 heteroatoms. The molecule has 35 heavy (non-hydrogen) atoms. The van der Waals surface area contributed by atoms with Crippen molar-refractivity contribution in [2.45, 2.75) is 26.1 Å². The lowest BCUT2D eigenvalue weighted by molar-refractivity contribution is -0.386. The van der Waals surface area contributed by atoms with Gasteiger partial charge < -0.3 is 14.2 Å². The van der Waals surface area contributed by atoms with Gasteiger partial charge in [-0.25, -0.2) is 0 Å². The van der Waals surface area contributed by atoms with Crippen LogP contribution in [-0.2, 0) is 9.53 Å². The monoisotopic (exact) mass is 492 g/mol. The number of benzene rings is 3. The van der Waals surface area contributed by atoms with E-state index >= 15 is 0 Å². The molecular weight excluding hydrogens is 472 g/mol. The molecule has 1 aliphatic rings. The molecule has 0 aromatic heterocycles. The molecule has 0 spiro atoms. The van der Waals surface area contributed by atoms with E-state index in [1.807, 2.05) is 24.3 Å². The Labute approximate surface area is 206 Å². The van der Waals surface area contributed by atoms with Crippen LogP contribution in [0.4, 0.5) is 5.69 Å². The van der Waals surface area contributed by atoms with Gasteiger partial charge in [0.05, 0.1) is 4.92 Å². The summed E-state index contributed by atoms with van der Waals surface area (Å²) >= 11 is 5.86. The van der Waals surface area contributed by atoms with Crippen molar-refractivity contribution in [1.82, 2.24) is 0 Å². The molecule has 1 fully saturated rings. The third kappa shape index (κ3) is 5.20. The van der Waals surface area contributed by atoms with E-state index in [9.17, 15) is 20.2 Å². The molecule has 0 amide bonds. The smallest absolute Gasteiger partial charge is 0.315 e. The molecule has 1 saturated carbocycles. The normalized spacial score (nSPS) is 18.6. The van der Waals surface area contributed by atoms with E-state index in [-0.39, 0.29) is 16.5 Å². The number of esters is 1. The molecule has 1 aliphatic carbocycles. The first-order chi connectivity index (χ1) is 16.7. The molecule has 8 nitrogen and oxygen atoms in total. The summed E-state index contributed by atoms with van der Waals surface area (Å²) in [4.78, 5) is 23.7. The molecule has 0 bridgehead atoms. The number of carbonyl (C=O) groups excluding carboxylic acids is 1. The first kappa shape index (κ1) is 24.0. The number of rotatable bonds is 8. The van der Waals surface area contributed by atoms with Crippen LogP contribution in [0.3, 0.4) is 0 Å². The van der Waals surface area contributed by atoms with E-state index in [0.29, 0.717) is 17.1 Å². The Morgan fingerprint density at radius 3 is 2.49 bits per heavy atom. The van der Waals surface area contributed by atoms with Crippen LogP contribution in [0, 0.1) is 32.8 Å². The average Bonchev–Trinajstić information content (AvgIpc) is 3.38. The van der Waals surface area contributed by atoms with Gasteiger partial charge in [0.15, 0.2) is 5.75 Å². The lowest BCUT2D eigenvalue weighted by atomic mass is 10.1. The number of hydrogen-bond acceptors (Lipinski definition) is 7. The van der Waals surface area contributed by atoms with Gasteiger partial charge in [0.1, 0.15) is 29.6 Å². The maximum atomic E-state index is 13.0. The predicted octanol–water partition coefficient (Wildman–Crippen LogP) is 6.25. The van der Waals surface area contributed by atoms with Crippen molar-refractivity contribution in [1.29, 1.82) is 5.26 Å². The molecule has 0 aliphatic heterocycles. The second-order valence-electron chi connectivity index (χ2n) is 8.64. The molecule has 3 aromatic rings. The Morgan fingerprint density at radius 1 is 1.09 bits per heavy atom. The van der Waals surface area contributed by atoms with Crippen LogP contribution >= 0.6 is 11.6 Å². The first-order valence-corrected chi connectivity index (χ1v) is 11.1. The Morgan fingerprint density at radius 2 is 1.80 bits per heavy atom. The highest BCUT2D eigenvalue weighted by molar-refractivity contribution is 6.30. The zero-order chi connectivity index (χ0) is 25.2. The van der Waals surface area contributed by atoms with E-state index in [0.717, 1.165) is 0 Å². The second kappa shape index (κ2) is 9.65. The minimum Gasteiger partial charge on any atom is -0.482 e. The molecule has 0 radical (unpaired) electrons. The second-order valence-corrected chi connectivity index (χ2v) is 9.08. The quantitative estimate of drug-likeness (QED) is 0.207. The number of halogens is 1. The number of nitriles is 1. The molecule has 4 rings (SSSR count). The maximum Gasteiger partial charge on any atom is 0.315 e. The predicted molar refractivity (Wildman–Crippen MR) is 127 cm³/mol. The van der Waals surface area contributed by atoms with Gasteiger partial charge in [0.2, 0.25) is 6.10 Å². The zero-order valence-corrected chi connectivity index (χ0v) is 19.6. The van der Waals surface area contributed by atoms with E-state index in [2.05, 4.69) is 0 Å². The molecular formula is C26H21ClN2O6. The van der Waals surface area contributed by atoms with Crippen molar-refractivity contribution in [2.24, 2.45) is 11.3 Å². The van der Waals surface area contributed by atoms with Gasteiger partial charge in [-0.1, -0.05) is 55.8 Å². The summed E-state index contributed by atoms with van der Waals surface area (Å²) in [7, 11) is 0. The SMILES string of the molecule is CC1(C)C(Oc2ccc(Cl)cc2[N+](=O)[O-])C1C(=O)OC(C#N)c1cccc(Oc2ccccc2)c1. The Bertz CT molecular complexity index is 1300. The van der Waals surface area contributed by atoms with Crippen molar-refractivity contribution in [3.63, 3.8) is 0 Å². The number of ether oxygens (including phenoxy) is 3. The molecule has 178 valence electrons. The first-order valence-electron chi connectivity index (χ1n) is 10.7. The van der Waals surface area contributed by atoms with Gasteiger partial charge in [-0.05, 0) is 36.4 Å². The number of nitrogens with zero attached hydrogens (tertiary/aromatic N) is 2. The average molecular weight is 493 g/mol. The van der Waals surface area contributed by atoms with Gasteiger partial charge in [0.25, 0.3) is 0 Å². The fourth-order valence-electron chi connectivity index (χ4n) is 3.83. The Balaban J connectivity index is 1.47. The molecule has 0 N–H and O–H groups in total. The number of carbonyl (C=O) groups is 1. The fourth-order valence-corrected chi connectivity index (χ4v) is 4.00. The van der Waals surface area contributed by atoms with Gasteiger partial charge >= 0.3 is 11.7 Å². The summed E-state index contributed by atoms with van der Waals surface area (Å²) in [5, 5.41) is 21.2. The summed E-state index contributed by atoms with van der Waals surface area (Å²) in [6.45, 7) is 3.59. The summed E-state index contributed by atoms with van der Waals surface area (Å²) in [5.74, 6) is -0.204. The molecule has 3 atom stereocenters. The van der Waals surface area contributed by atoms with Crippen LogP contribution in [0.5, 0.6) is 17.2 Å². The van der Waals surface area contributed by atoms with E-state index in [1.54, 1.807) is 50.2 Å².